The molecule has 1 N–H and O–H groups in total. The first-order chi connectivity index (χ1) is 4.95. The van der Waals surface area contributed by atoms with Gasteiger partial charge in [-0.25, -0.2) is 0 Å². The van der Waals surface area contributed by atoms with E-state index in [0.717, 1.165) is 0 Å². The molecule has 2 fully saturated rings. The van der Waals surface area contributed by atoms with Gasteiger partial charge < -0.3 is 5.32 Å². The summed E-state index contributed by atoms with van der Waals surface area (Å²) in [6.45, 7) is 8.58. The Morgan fingerprint density at radius 3 is 2.00 bits per heavy atom. The van der Waals surface area contributed by atoms with E-state index in [9.17, 15) is 0 Å². The Morgan fingerprint density at radius 1 is 0.800 bits per heavy atom. The highest BCUT2D eigenvalue weighted by Crippen LogP contribution is 2.03. The van der Waals surface area contributed by atoms with E-state index in [-0.39, 0.29) is 0 Å². The van der Waals surface area contributed by atoms with Crippen molar-refractivity contribution in [2.75, 3.05) is 45.9 Å². The smallest absolute Gasteiger partial charge is 0.0508 e. The van der Waals surface area contributed by atoms with E-state index in [1.165, 1.54) is 45.9 Å². The zero-order chi connectivity index (χ0) is 6.81. The minimum atomic E-state index is 1.17. The van der Waals surface area contributed by atoms with Crippen LogP contribution in [0.25, 0.3) is 0 Å². The molecule has 2 aliphatic heterocycles. The van der Waals surface area contributed by atoms with Crippen LogP contribution in [0.1, 0.15) is 0 Å². The second kappa shape index (κ2) is 2.86. The molecule has 2 rings (SSSR count). The zero-order valence-electron chi connectivity index (χ0n) is 6.34. The fourth-order valence-electron chi connectivity index (χ4n) is 1.67. The Bertz CT molecular complexity index is 103. The number of hydrogen-bond acceptors (Lipinski definition) is 3. The summed E-state index contributed by atoms with van der Waals surface area (Å²) in [5.74, 6) is 0. The van der Waals surface area contributed by atoms with Crippen molar-refractivity contribution in [3.8, 4) is 0 Å². The van der Waals surface area contributed by atoms with E-state index in [2.05, 4.69) is 15.1 Å². The van der Waals surface area contributed by atoms with Crippen molar-refractivity contribution in [3.63, 3.8) is 0 Å². The zero-order valence-corrected chi connectivity index (χ0v) is 6.34. The first-order valence-corrected chi connectivity index (χ1v) is 4.10. The van der Waals surface area contributed by atoms with Crippen LogP contribution in [0.2, 0.25) is 0 Å². The van der Waals surface area contributed by atoms with Crippen LogP contribution in [-0.4, -0.2) is 55.7 Å². The molecule has 2 bridgehead atoms. The minimum Gasteiger partial charge on any atom is -0.314 e. The first kappa shape index (κ1) is 6.58. The van der Waals surface area contributed by atoms with Crippen LogP contribution in [0, 0.1) is 0 Å². The van der Waals surface area contributed by atoms with Crippen molar-refractivity contribution >= 4 is 0 Å². The molecule has 0 amide bonds. The standard InChI is InChI=1S/C7H15N3/c1-3-9-5-6-10(7-9)4-2-8-1/h8H,1-7H2. The van der Waals surface area contributed by atoms with Crippen LogP contribution in [0.15, 0.2) is 0 Å². The third-order valence-corrected chi connectivity index (χ3v) is 2.34. The lowest BCUT2D eigenvalue weighted by Gasteiger charge is -2.21. The molecule has 0 aliphatic carbocycles. The summed E-state index contributed by atoms with van der Waals surface area (Å²) in [6.07, 6.45) is 0. The molecule has 2 atom stereocenters. The van der Waals surface area contributed by atoms with Gasteiger partial charge in [-0.15, -0.1) is 0 Å². The molecule has 0 aromatic heterocycles. The van der Waals surface area contributed by atoms with Crippen molar-refractivity contribution in [2.45, 2.75) is 0 Å². The predicted molar refractivity (Wildman–Crippen MR) is 40.9 cm³/mol. The van der Waals surface area contributed by atoms with Gasteiger partial charge in [0.05, 0.1) is 6.67 Å². The van der Waals surface area contributed by atoms with E-state index >= 15 is 0 Å². The molecule has 3 nitrogen and oxygen atoms in total. The Morgan fingerprint density at radius 2 is 1.40 bits per heavy atom. The Kier molecular flexibility index (Phi) is 1.88. The molecule has 0 saturated carbocycles. The van der Waals surface area contributed by atoms with E-state index in [0.29, 0.717) is 0 Å². The minimum absolute atomic E-state index is 1.17. The molecule has 0 spiro atoms. The molecule has 2 aliphatic rings. The third kappa shape index (κ3) is 1.31. The molecular formula is C7H15N3. The van der Waals surface area contributed by atoms with Crippen molar-refractivity contribution in [3.05, 3.63) is 0 Å². The molecule has 2 unspecified atom stereocenters. The van der Waals surface area contributed by atoms with Gasteiger partial charge >= 0.3 is 0 Å². The molecule has 2 heterocycles. The third-order valence-electron chi connectivity index (χ3n) is 2.34. The van der Waals surface area contributed by atoms with Gasteiger partial charge in [0.2, 0.25) is 0 Å². The number of nitrogens with one attached hydrogen (secondary N) is 1. The van der Waals surface area contributed by atoms with Crippen LogP contribution in [0.3, 0.4) is 0 Å². The molecule has 58 valence electrons. The highest BCUT2D eigenvalue weighted by Gasteiger charge is 2.19. The van der Waals surface area contributed by atoms with Gasteiger partial charge in [0.15, 0.2) is 0 Å². The summed E-state index contributed by atoms with van der Waals surface area (Å²) in [7, 11) is 0. The fraction of sp³-hybridized carbons (Fsp3) is 1.00. The summed E-state index contributed by atoms with van der Waals surface area (Å²) in [5.41, 5.74) is 0. The molecule has 2 saturated heterocycles. The fourth-order valence-corrected chi connectivity index (χ4v) is 1.67. The van der Waals surface area contributed by atoms with E-state index in [4.69, 9.17) is 0 Å². The number of rotatable bonds is 0. The highest BCUT2D eigenvalue weighted by molar-refractivity contribution is 4.74. The summed E-state index contributed by atoms with van der Waals surface area (Å²) in [4.78, 5) is 5.01. The number of fused-ring (bicyclic) bond motifs is 2. The summed E-state index contributed by atoms with van der Waals surface area (Å²) >= 11 is 0. The summed E-state index contributed by atoms with van der Waals surface area (Å²) in [6, 6.07) is 0. The normalized spacial score (nSPS) is 40.8. The van der Waals surface area contributed by atoms with E-state index in [1.54, 1.807) is 0 Å². The maximum atomic E-state index is 3.40. The lowest BCUT2D eigenvalue weighted by Crippen LogP contribution is -2.39. The van der Waals surface area contributed by atoms with Gasteiger partial charge in [0.1, 0.15) is 0 Å². The number of hydrogen-bond donors (Lipinski definition) is 1. The number of nitrogens with zero attached hydrogens (tertiary/aromatic N) is 2. The average Bonchev–Trinajstić information content (AvgIpc) is 2.30. The highest BCUT2D eigenvalue weighted by atomic mass is 15.4. The van der Waals surface area contributed by atoms with Crippen molar-refractivity contribution < 1.29 is 0 Å². The molecule has 3 heteroatoms. The summed E-state index contributed by atoms with van der Waals surface area (Å²) < 4.78 is 0. The lowest BCUT2D eigenvalue weighted by atomic mass is 10.5. The van der Waals surface area contributed by atoms with Gasteiger partial charge in [-0.1, -0.05) is 0 Å². The second-order valence-electron chi connectivity index (χ2n) is 3.13. The predicted octanol–water partition coefficient (Wildman–Crippen LogP) is -0.835. The van der Waals surface area contributed by atoms with Gasteiger partial charge in [0, 0.05) is 39.3 Å². The van der Waals surface area contributed by atoms with Gasteiger partial charge in [-0.05, 0) is 0 Å². The largest absolute Gasteiger partial charge is 0.314 e. The van der Waals surface area contributed by atoms with E-state index in [1.807, 2.05) is 0 Å². The molecular weight excluding hydrogens is 126 g/mol. The van der Waals surface area contributed by atoms with Gasteiger partial charge in [-0.3, -0.25) is 9.80 Å². The molecule has 0 radical (unpaired) electrons. The van der Waals surface area contributed by atoms with Crippen LogP contribution in [0.5, 0.6) is 0 Å². The Balaban J connectivity index is 1.91. The van der Waals surface area contributed by atoms with Crippen LogP contribution >= 0.6 is 0 Å². The van der Waals surface area contributed by atoms with Gasteiger partial charge in [0.25, 0.3) is 0 Å². The lowest BCUT2D eigenvalue weighted by molar-refractivity contribution is 0.227. The molecule has 0 aromatic rings. The first-order valence-electron chi connectivity index (χ1n) is 4.10. The Labute approximate surface area is 62.0 Å². The van der Waals surface area contributed by atoms with Crippen LogP contribution in [-0.2, 0) is 0 Å². The van der Waals surface area contributed by atoms with Crippen LogP contribution in [0.4, 0.5) is 0 Å². The quantitative estimate of drug-likeness (QED) is 0.475. The Hall–Kier alpha value is -0.120. The van der Waals surface area contributed by atoms with E-state index < -0.39 is 0 Å². The maximum Gasteiger partial charge on any atom is 0.0508 e. The monoisotopic (exact) mass is 141 g/mol. The van der Waals surface area contributed by atoms with Crippen LogP contribution < -0.4 is 5.32 Å². The average molecular weight is 141 g/mol. The topological polar surface area (TPSA) is 18.5 Å². The summed E-state index contributed by atoms with van der Waals surface area (Å²) in [5, 5.41) is 3.40. The maximum absolute atomic E-state index is 3.40. The molecule has 10 heavy (non-hydrogen) atoms. The van der Waals surface area contributed by atoms with Crippen molar-refractivity contribution in [1.82, 2.24) is 15.1 Å². The second-order valence-corrected chi connectivity index (χ2v) is 3.13. The SMILES string of the molecule is C1CN2CCN(CCN1)C2. The van der Waals surface area contributed by atoms with Crippen molar-refractivity contribution in [1.29, 1.82) is 0 Å². The van der Waals surface area contributed by atoms with Crippen molar-refractivity contribution in [2.24, 2.45) is 0 Å². The van der Waals surface area contributed by atoms with Gasteiger partial charge in [-0.2, -0.15) is 0 Å². The molecule has 0 aromatic carbocycles.